The van der Waals surface area contributed by atoms with Gasteiger partial charge in [-0.1, -0.05) is 35.5 Å². The lowest BCUT2D eigenvalue weighted by atomic mass is 9.94. The van der Waals surface area contributed by atoms with E-state index < -0.39 is 0 Å². The number of hydrogen-bond donors (Lipinski definition) is 1. The van der Waals surface area contributed by atoms with Crippen molar-refractivity contribution in [3.8, 4) is 11.4 Å². The molecule has 2 aromatic rings. The lowest BCUT2D eigenvalue weighted by Crippen LogP contribution is -2.45. The van der Waals surface area contributed by atoms with Crippen LogP contribution < -0.4 is 5.32 Å². The van der Waals surface area contributed by atoms with Gasteiger partial charge in [-0.25, -0.2) is 0 Å². The topological polar surface area (TPSA) is 77.3 Å². The van der Waals surface area contributed by atoms with Crippen LogP contribution in [0.2, 0.25) is 0 Å². The van der Waals surface area contributed by atoms with E-state index >= 15 is 0 Å². The van der Waals surface area contributed by atoms with Crippen LogP contribution in [0.15, 0.2) is 34.9 Å². The molecule has 1 fully saturated rings. The number of amides is 1. The third-order valence-corrected chi connectivity index (χ3v) is 4.13. The van der Waals surface area contributed by atoms with Crippen LogP contribution in [0.5, 0.6) is 0 Å². The fourth-order valence-electron chi connectivity index (χ4n) is 2.94. The first kappa shape index (κ1) is 16.6. The van der Waals surface area contributed by atoms with Crippen molar-refractivity contribution in [2.45, 2.75) is 51.2 Å². The van der Waals surface area contributed by atoms with Crippen molar-refractivity contribution in [2.75, 3.05) is 6.61 Å². The molecule has 1 amide bonds. The van der Waals surface area contributed by atoms with E-state index in [-0.39, 0.29) is 17.6 Å². The molecule has 0 radical (unpaired) electrons. The lowest BCUT2D eigenvalue weighted by Gasteiger charge is -2.35. The van der Waals surface area contributed by atoms with Crippen molar-refractivity contribution in [3.63, 3.8) is 0 Å². The van der Waals surface area contributed by atoms with Crippen molar-refractivity contribution in [1.29, 1.82) is 0 Å². The second kappa shape index (κ2) is 7.13. The molecule has 24 heavy (non-hydrogen) atoms. The Morgan fingerprint density at radius 1 is 1.33 bits per heavy atom. The zero-order chi connectivity index (χ0) is 17.0. The maximum Gasteiger partial charge on any atom is 0.227 e. The molecule has 1 N–H and O–H groups in total. The van der Waals surface area contributed by atoms with Gasteiger partial charge in [-0.2, -0.15) is 4.98 Å². The maximum atomic E-state index is 12.1. The summed E-state index contributed by atoms with van der Waals surface area (Å²) >= 11 is 0. The molecule has 128 valence electrons. The second-order valence-electron chi connectivity index (χ2n) is 6.74. The number of carbonyl (C=O) groups excluding carboxylic acids is 1. The van der Waals surface area contributed by atoms with Crippen molar-refractivity contribution in [2.24, 2.45) is 0 Å². The number of benzene rings is 1. The zero-order valence-corrected chi connectivity index (χ0v) is 14.1. The quantitative estimate of drug-likeness (QED) is 0.912. The molecule has 0 aliphatic carbocycles. The fraction of sp³-hybridized carbons (Fsp3) is 0.500. The highest BCUT2D eigenvalue weighted by Gasteiger charge is 2.29. The van der Waals surface area contributed by atoms with Gasteiger partial charge in [0.05, 0.1) is 5.60 Å². The smallest absolute Gasteiger partial charge is 0.227 e. The first-order valence-electron chi connectivity index (χ1n) is 8.33. The number of hydrogen-bond acceptors (Lipinski definition) is 5. The Hall–Kier alpha value is -2.21. The van der Waals surface area contributed by atoms with E-state index in [2.05, 4.69) is 29.3 Å². The van der Waals surface area contributed by atoms with Gasteiger partial charge in [0, 0.05) is 31.1 Å². The summed E-state index contributed by atoms with van der Waals surface area (Å²) in [6, 6.07) is 9.81. The summed E-state index contributed by atoms with van der Waals surface area (Å²) in [6.45, 7) is 4.78. The molecule has 1 aromatic heterocycles. The van der Waals surface area contributed by atoms with Gasteiger partial charge in [0.2, 0.25) is 17.6 Å². The van der Waals surface area contributed by atoms with Crippen molar-refractivity contribution < 1.29 is 14.1 Å². The number of aromatic nitrogens is 2. The van der Waals surface area contributed by atoms with Crippen LogP contribution in [0.25, 0.3) is 11.4 Å². The molecule has 6 nitrogen and oxygen atoms in total. The van der Waals surface area contributed by atoms with E-state index in [1.807, 2.05) is 30.3 Å². The van der Waals surface area contributed by atoms with Gasteiger partial charge in [-0.15, -0.1) is 0 Å². The maximum absolute atomic E-state index is 12.1. The number of nitrogens with one attached hydrogen (secondary N) is 1. The summed E-state index contributed by atoms with van der Waals surface area (Å²) < 4.78 is 10.9. The van der Waals surface area contributed by atoms with E-state index in [9.17, 15) is 4.79 Å². The van der Waals surface area contributed by atoms with E-state index in [1.165, 1.54) is 0 Å². The molecule has 1 aliphatic heterocycles. The Balaban J connectivity index is 1.49. The summed E-state index contributed by atoms with van der Waals surface area (Å²) in [5.41, 5.74) is 0.731. The molecular weight excluding hydrogens is 306 g/mol. The number of carbonyl (C=O) groups is 1. The van der Waals surface area contributed by atoms with Crippen molar-refractivity contribution in [3.05, 3.63) is 36.2 Å². The summed E-state index contributed by atoms with van der Waals surface area (Å²) in [6.07, 6.45) is 2.47. The zero-order valence-electron chi connectivity index (χ0n) is 14.1. The summed E-state index contributed by atoms with van der Waals surface area (Å²) in [7, 11) is 0. The van der Waals surface area contributed by atoms with Crippen LogP contribution in [0.3, 0.4) is 0 Å². The molecule has 3 rings (SSSR count). The Kier molecular flexibility index (Phi) is 4.94. The molecule has 0 bridgehead atoms. The minimum Gasteiger partial charge on any atom is -0.375 e. The van der Waals surface area contributed by atoms with Gasteiger partial charge < -0.3 is 14.6 Å². The Labute approximate surface area is 141 Å². The summed E-state index contributed by atoms with van der Waals surface area (Å²) in [4.78, 5) is 16.5. The first-order valence-corrected chi connectivity index (χ1v) is 8.33. The Morgan fingerprint density at radius 2 is 2.12 bits per heavy atom. The van der Waals surface area contributed by atoms with Crippen molar-refractivity contribution >= 4 is 5.91 Å². The number of ether oxygens (including phenoxy) is 1. The number of aryl methyl sites for hydroxylation is 1. The van der Waals surface area contributed by atoms with Crippen LogP contribution >= 0.6 is 0 Å². The summed E-state index contributed by atoms with van der Waals surface area (Å²) in [5, 5.41) is 7.04. The van der Waals surface area contributed by atoms with Crippen LogP contribution in [-0.4, -0.2) is 34.3 Å². The highest BCUT2D eigenvalue weighted by molar-refractivity contribution is 5.76. The van der Waals surface area contributed by atoms with Gasteiger partial charge in [0.15, 0.2) is 0 Å². The number of nitrogens with zero attached hydrogens (tertiary/aromatic N) is 2. The Morgan fingerprint density at radius 3 is 2.88 bits per heavy atom. The largest absolute Gasteiger partial charge is 0.375 e. The van der Waals surface area contributed by atoms with E-state index in [4.69, 9.17) is 9.26 Å². The highest BCUT2D eigenvalue weighted by atomic mass is 16.5. The Bertz CT molecular complexity index is 682. The van der Waals surface area contributed by atoms with Gasteiger partial charge in [0.25, 0.3) is 0 Å². The second-order valence-corrected chi connectivity index (χ2v) is 6.74. The molecule has 6 heteroatoms. The fourth-order valence-corrected chi connectivity index (χ4v) is 2.94. The summed E-state index contributed by atoms with van der Waals surface area (Å²) in [5.74, 6) is 1.05. The average molecular weight is 329 g/mol. The molecular formula is C18H23N3O3. The molecule has 1 aromatic carbocycles. The van der Waals surface area contributed by atoms with Gasteiger partial charge in [0.1, 0.15) is 0 Å². The van der Waals surface area contributed by atoms with Crippen LogP contribution in [0, 0.1) is 0 Å². The molecule has 0 spiro atoms. The first-order chi connectivity index (χ1) is 11.5. The standard InChI is InChI=1S/C18H23N3O3/c1-18(2)12-14(10-11-23-18)19-15(22)8-9-16-20-17(21-24-16)13-6-4-3-5-7-13/h3-7,14H,8-12H2,1-2H3,(H,19,22). The number of rotatable bonds is 5. The van der Waals surface area contributed by atoms with E-state index in [0.29, 0.717) is 31.2 Å². The third kappa shape index (κ3) is 4.41. The SMILES string of the molecule is CC1(C)CC(NC(=O)CCc2nc(-c3ccccc3)no2)CCO1. The lowest BCUT2D eigenvalue weighted by molar-refractivity contribution is -0.124. The average Bonchev–Trinajstić information content (AvgIpc) is 3.02. The van der Waals surface area contributed by atoms with Crippen LogP contribution in [0.4, 0.5) is 0 Å². The third-order valence-electron chi connectivity index (χ3n) is 4.13. The highest BCUT2D eigenvalue weighted by Crippen LogP contribution is 2.24. The molecule has 2 heterocycles. The predicted molar refractivity (Wildman–Crippen MR) is 89.3 cm³/mol. The monoisotopic (exact) mass is 329 g/mol. The van der Waals surface area contributed by atoms with Gasteiger partial charge >= 0.3 is 0 Å². The molecule has 0 saturated carbocycles. The van der Waals surface area contributed by atoms with Crippen molar-refractivity contribution in [1.82, 2.24) is 15.5 Å². The van der Waals surface area contributed by atoms with E-state index in [1.54, 1.807) is 0 Å². The van der Waals surface area contributed by atoms with E-state index in [0.717, 1.165) is 18.4 Å². The van der Waals surface area contributed by atoms with Gasteiger partial charge in [-0.05, 0) is 26.7 Å². The van der Waals surface area contributed by atoms with Gasteiger partial charge in [-0.3, -0.25) is 4.79 Å². The molecule has 1 unspecified atom stereocenters. The van der Waals surface area contributed by atoms with Crippen LogP contribution in [0.1, 0.15) is 39.0 Å². The normalized spacial score (nSPS) is 19.8. The molecule has 1 aliphatic rings. The van der Waals surface area contributed by atoms with Crippen LogP contribution in [-0.2, 0) is 16.0 Å². The minimum atomic E-state index is -0.173. The predicted octanol–water partition coefficient (Wildman–Crippen LogP) is 2.74. The minimum absolute atomic E-state index is 0.0113. The molecule has 1 saturated heterocycles. The molecule has 1 atom stereocenters.